The maximum absolute atomic E-state index is 12.5. The Kier molecular flexibility index (Phi) is 7.74. The zero-order valence-corrected chi connectivity index (χ0v) is 19.5. The van der Waals surface area contributed by atoms with Crippen LogP contribution in [0.5, 0.6) is 5.75 Å². The second-order valence-electron chi connectivity index (χ2n) is 9.07. The molecule has 6 heteroatoms. The van der Waals surface area contributed by atoms with Gasteiger partial charge in [0, 0.05) is 43.5 Å². The number of anilines is 2. The molecular formula is C26H37N3O3. The second kappa shape index (κ2) is 10.9. The molecule has 0 amide bonds. The van der Waals surface area contributed by atoms with Gasteiger partial charge in [0.05, 0.1) is 19.3 Å². The van der Waals surface area contributed by atoms with E-state index in [0.717, 1.165) is 62.6 Å². The van der Waals surface area contributed by atoms with Crippen molar-refractivity contribution >= 4 is 11.5 Å². The number of pyridine rings is 1. The minimum atomic E-state index is -0.0291. The molecule has 0 radical (unpaired) electrons. The Bertz CT molecular complexity index is 905. The van der Waals surface area contributed by atoms with Crippen LogP contribution < -0.4 is 20.1 Å². The molecule has 0 unspecified atom stereocenters. The Morgan fingerprint density at radius 3 is 2.62 bits per heavy atom. The number of H-pyrrole nitrogens is 1. The summed E-state index contributed by atoms with van der Waals surface area (Å²) in [5.41, 5.74) is 2.28. The molecule has 2 aliphatic rings. The van der Waals surface area contributed by atoms with Crippen molar-refractivity contribution in [3.63, 3.8) is 0 Å². The molecule has 1 N–H and O–H groups in total. The zero-order chi connectivity index (χ0) is 22.3. The predicted molar refractivity (Wildman–Crippen MR) is 130 cm³/mol. The van der Waals surface area contributed by atoms with E-state index in [-0.39, 0.29) is 11.7 Å². The van der Waals surface area contributed by atoms with E-state index in [1.807, 2.05) is 0 Å². The van der Waals surface area contributed by atoms with Gasteiger partial charge in [-0.1, -0.05) is 31.9 Å². The molecule has 4 rings (SSSR count). The first-order chi connectivity index (χ1) is 15.6. The predicted octanol–water partition coefficient (Wildman–Crippen LogP) is 4.38. The summed E-state index contributed by atoms with van der Waals surface area (Å²) in [6, 6.07) is 12.8. The molecule has 3 heterocycles. The van der Waals surface area contributed by atoms with E-state index < -0.39 is 0 Å². The van der Waals surface area contributed by atoms with Crippen molar-refractivity contribution in [2.45, 2.75) is 64.5 Å². The van der Waals surface area contributed by atoms with Crippen LogP contribution in [0.1, 0.15) is 51.5 Å². The first-order valence-corrected chi connectivity index (χ1v) is 12.2. The summed E-state index contributed by atoms with van der Waals surface area (Å²) in [4.78, 5) is 20.4. The highest BCUT2D eigenvalue weighted by Crippen LogP contribution is 2.28. The summed E-state index contributed by atoms with van der Waals surface area (Å²) in [7, 11) is 0. The van der Waals surface area contributed by atoms with Crippen molar-refractivity contribution in [1.82, 2.24) is 4.98 Å². The van der Waals surface area contributed by atoms with Crippen LogP contribution in [0, 0.1) is 0 Å². The molecule has 2 aliphatic heterocycles. The van der Waals surface area contributed by atoms with Gasteiger partial charge < -0.3 is 24.3 Å². The van der Waals surface area contributed by atoms with Crippen molar-refractivity contribution in [2.24, 2.45) is 0 Å². The summed E-state index contributed by atoms with van der Waals surface area (Å²) < 4.78 is 11.4. The summed E-state index contributed by atoms with van der Waals surface area (Å²) >= 11 is 0. The number of nitrogens with zero attached hydrogens (tertiary/aromatic N) is 2. The van der Waals surface area contributed by atoms with E-state index in [2.05, 4.69) is 59.0 Å². The Hall–Kier alpha value is -2.47. The lowest BCUT2D eigenvalue weighted by Crippen LogP contribution is -2.39. The minimum Gasteiger partial charge on any atom is -0.491 e. The van der Waals surface area contributed by atoms with E-state index in [1.165, 1.54) is 18.4 Å². The third kappa shape index (κ3) is 5.85. The maximum Gasteiger partial charge on any atom is 0.251 e. The van der Waals surface area contributed by atoms with Crippen molar-refractivity contribution in [2.75, 3.05) is 42.6 Å². The van der Waals surface area contributed by atoms with Gasteiger partial charge in [-0.05, 0) is 50.3 Å². The quantitative estimate of drug-likeness (QED) is 0.694. The average Bonchev–Trinajstić information content (AvgIpc) is 3.06. The fraction of sp³-hybridized carbons (Fsp3) is 0.577. The number of aromatic amines is 1. The van der Waals surface area contributed by atoms with Gasteiger partial charge in [0.2, 0.25) is 0 Å². The van der Waals surface area contributed by atoms with Gasteiger partial charge in [-0.2, -0.15) is 0 Å². The maximum atomic E-state index is 12.5. The average molecular weight is 440 g/mol. The van der Waals surface area contributed by atoms with Gasteiger partial charge >= 0.3 is 0 Å². The van der Waals surface area contributed by atoms with Crippen molar-refractivity contribution in [3.8, 4) is 5.75 Å². The topological polar surface area (TPSA) is 57.8 Å². The van der Waals surface area contributed by atoms with E-state index >= 15 is 0 Å². The van der Waals surface area contributed by atoms with Gasteiger partial charge in [-0.3, -0.25) is 4.79 Å². The molecule has 0 saturated carbocycles. The Balaban J connectivity index is 1.53. The van der Waals surface area contributed by atoms with E-state index in [0.29, 0.717) is 19.3 Å². The summed E-state index contributed by atoms with van der Waals surface area (Å²) in [6.45, 7) is 8.30. The summed E-state index contributed by atoms with van der Waals surface area (Å²) in [6.07, 6.45) is 6.95. The number of morpholine rings is 1. The van der Waals surface area contributed by atoms with Gasteiger partial charge in [0.1, 0.15) is 11.6 Å². The zero-order valence-electron chi connectivity index (χ0n) is 19.5. The molecule has 2 saturated heterocycles. The highest BCUT2D eigenvalue weighted by Gasteiger charge is 2.24. The Labute approximate surface area is 191 Å². The first-order valence-electron chi connectivity index (χ1n) is 12.2. The number of rotatable bonds is 7. The molecule has 2 fully saturated rings. The number of ether oxygens (including phenoxy) is 2. The van der Waals surface area contributed by atoms with E-state index in [1.54, 1.807) is 6.07 Å². The van der Waals surface area contributed by atoms with Gasteiger partial charge in [-0.15, -0.1) is 0 Å². The normalized spacial score (nSPS) is 20.6. The molecule has 6 nitrogen and oxygen atoms in total. The summed E-state index contributed by atoms with van der Waals surface area (Å²) in [5, 5.41) is 0. The molecule has 1 aromatic heterocycles. The standard InChI is InChI=1S/C26H37N3O3/c1-3-20(2)32-24-10-8-21(9-11-24)17-22-7-5-4-6-12-29(22)25-18-23(19-26(30)27-25)28-13-15-31-16-14-28/h8-11,18-20,22H,3-7,12-17H2,1-2H3,(H,27,30)/t20-,22-/m1/s1. The van der Waals surface area contributed by atoms with Crippen LogP contribution in [0.2, 0.25) is 0 Å². The lowest BCUT2D eigenvalue weighted by atomic mass is 10.0. The number of hydrogen-bond donors (Lipinski definition) is 1. The molecule has 2 aromatic rings. The van der Waals surface area contributed by atoms with Crippen LogP contribution in [0.25, 0.3) is 0 Å². The second-order valence-corrected chi connectivity index (χ2v) is 9.07. The van der Waals surface area contributed by atoms with Crippen LogP contribution in [-0.2, 0) is 11.2 Å². The third-order valence-electron chi connectivity index (χ3n) is 6.68. The highest BCUT2D eigenvalue weighted by atomic mass is 16.5. The number of benzene rings is 1. The molecule has 174 valence electrons. The first kappa shape index (κ1) is 22.7. The van der Waals surface area contributed by atoms with Crippen LogP contribution in [0.15, 0.2) is 41.2 Å². The number of nitrogens with one attached hydrogen (secondary N) is 1. The number of hydrogen-bond acceptors (Lipinski definition) is 5. The van der Waals surface area contributed by atoms with Crippen molar-refractivity contribution < 1.29 is 9.47 Å². The molecule has 0 bridgehead atoms. The Morgan fingerprint density at radius 1 is 1.09 bits per heavy atom. The monoisotopic (exact) mass is 439 g/mol. The van der Waals surface area contributed by atoms with Gasteiger partial charge in [0.25, 0.3) is 5.56 Å². The molecule has 0 aliphatic carbocycles. The van der Waals surface area contributed by atoms with Gasteiger partial charge in [-0.25, -0.2) is 0 Å². The van der Waals surface area contributed by atoms with Crippen LogP contribution in [-0.4, -0.2) is 50.0 Å². The molecule has 0 spiro atoms. The largest absolute Gasteiger partial charge is 0.491 e. The lowest BCUT2D eigenvalue weighted by molar-refractivity contribution is 0.122. The van der Waals surface area contributed by atoms with Gasteiger partial charge in [0.15, 0.2) is 0 Å². The van der Waals surface area contributed by atoms with Crippen LogP contribution in [0.4, 0.5) is 11.5 Å². The van der Waals surface area contributed by atoms with Crippen LogP contribution in [0.3, 0.4) is 0 Å². The molecule has 32 heavy (non-hydrogen) atoms. The highest BCUT2D eigenvalue weighted by molar-refractivity contribution is 5.56. The molecule has 1 aromatic carbocycles. The lowest BCUT2D eigenvalue weighted by Gasteiger charge is -2.34. The SMILES string of the molecule is CC[C@@H](C)Oc1ccc(C[C@H]2CCCCCN2c2cc(N3CCOCC3)cc(=O)[nH]2)cc1. The fourth-order valence-electron chi connectivity index (χ4n) is 4.67. The third-order valence-corrected chi connectivity index (χ3v) is 6.68. The van der Waals surface area contributed by atoms with E-state index in [4.69, 9.17) is 9.47 Å². The fourth-order valence-corrected chi connectivity index (χ4v) is 4.67. The van der Waals surface area contributed by atoms with Crippen molar-refractivity contribution in [1.29, 1.82) is 0 Å². The Morgan fingerprint density at radius 2 is 1.88 bits per heavy atom. The smallest absolute Gasteiger partial charge is 0.251 e. The molecular weight excluding hydrogens is 402 g/mol. The van der Waals surface area contributed by atoms with Crippen LogP contribution >= 0.6 is 0 Å². The van der Waals surface area contributed by atoms with Crippen molar-refractivity contribution in [3.05, 3.63) is 52.3 Å². The summed E-state index contributed by atoms with van der Waals surface area (Å²) in [5.74, 6) is 1.88. The molecule has 2 atom stereocenters. The van der Waals surface area contributed by atoms with E-state index in [9.17, 15) is 4.79 Å². The minimum absolute atomic E-state index is 0.0291. The number of aromatic nitrogens is 1.